The molecule has 0 atom stereocenters. The van der Waals surface area contributed by atoms with Crippen LogP contribution in [-0.4, -0.2) is 22.1 Å². The molecular formula is C14H16N2O3. The number of fused-ring (bicyclic) bond motifs is 1. The van der Waals surface area contributed by atoms with Crippen LogP contribution in [0.1, 0.15) is 19.8 Å². The molecule has 0 N–H and O–H groups in total. The normalized spacial score (nSPS) is 10.6. The van der Waals surface area contributed by atoms with E-state index in [9.17, 15) is 9.59 Å². The van der Waals surface area contributed by atoms with Gasteiger partial charge in [0.1, 0.15) is 0 Å². The highest BCUT2D eigenvalue weighted by atomic mass is 16.5. The van der Waals surface area contributed by atoms with Gasteiger partial charge in [-0.3, -0.25) is 9.59 Å². The lowest BCUT2D eigenvalue weighted by Gasteiger charge is -2.09. The van der Waals surface area contributed by atoms with Gasteiger partial charge in [0.25, 0.3) is 5.56 Å². The van der Waals surface area contributed by atoms with Crippen LogP contribution in [-0.2, 0) is 16.1 Å². The molecule has 5 nitrogen and oxygen atoms in total. The van der Waals surface area contributed by atoms with Gasteiger partial charge < -0.3 is 9.30 Å². The molecule has 1 aromatic carbocycles. The van der Waals surface area contributed by atoms with Crippen LogP contribution >= 0.6 is 0 Å². The van der Waals surface area contributed by atoms with Gasteiger partial charge in [-0.25, -0.2) is 4.98 Å². The number of hydrogen-bond donors (Lipinski definition) is 0. The van der Waals surface area contributed by atoms with Gasteiger partial charge in [0.15, 0.2) is 0 Å². The summed E-state index contributed by atoms with van der Waals surface area (Å²) in [7, 11) is 0. The Bertz CT molecular complexity index is 634. The maximum absolute atomic E-state index is 11.8. The summed E-state index contributed by atoms with van der Waals surface area (Å²) < 4.78 is 6.56. The summed E-state index contributed by atoms with van der Waals surface area (Å²) in [5.41, 5.74) is 1.54. The SMILES string of the molecule is CC(=O)OCCCCn1c(=O)cnc2ccccc21. The van der Waals surface area contributed by atoms with Gasteiger partial charge in [-0.15, -0.1) is 0 Å². The van der Waals surface area contributed by atoms with E-state index in [4.69, 9.17) is 4.74 Å². The topological polar surface area (TPSA) is 61.2 Å². The molecular weight excluding hydrogens is 244 g/mol. The first-order valence-corrected chi connectivity index (χ1v) is 6.26. The Balaban J connectivity index is 2.05. The van der Waals surface area contributed by atoms with E-state index in [1.807, 2.05) is 24.3 Å². The summed E-state index contributed by atoms with van der Waals surface area (Å²) in [4.78, 5) is 26.5. The predicted octanol–water partition coefficient (Wildman–Crippen LogP) is 1.74. The lowest BCUT2D eigenvalue weighted by Crippen LogP contribution is -2.20. The number of benzene rings is 1. The molecule has 1 heterocycles. The molecule has 0 saturated carbocycles. The second-order valence-corrected chi connectivity index (χ2v) is 4.28. The second kappa shape index (κ2) is 6.13. The molecule has 1 aromatic heterocycles. The van der Waals surface area contributed by atoms with Gasteiger partial charge in [0.2, 0.25) is 0 Å². The van der Waals surface area contributed by atoms with Crippen molar-refractivity contribution in [2.75, 3.05) is 6.61 Å². The van der Waals surface area contributed by atoms with Gasteiger partial charge in [-0.1, -0.05) is 12.1 Å². The van der Waals surface area contributed by atoms with Crippen molar-refractivity contribution in [2.45, 2.75) is 26.3 Å². The van der Waals surface area contributed by atoms with Gasteiger partial charge in [0, 0.05) is 13.5 Å². The first-order chi connectivity index (χ1) is 9.18. The second-order valence-electron chi connectivity index (χ2n) is 4.28. The van der Waals surface area contributed by atoms with Crippen molar-refractivity contribution >= 4 is 17.0 Å². The highest BCUT2D eigenvalue weighted by Gasteiger charge is 2.03. The molecule has 0 radical (unpaired) electrons. The lowest BCUT2D eigenvalue weighted by molar-refractivity contribution is -0.141. The van der Waals surface area contributed by atoms with Gasteiger partial charge in [0.05, 0.1) is 23.8 Å². The minimum absolute atomic E-state index is 0.105. The zero-order chi connectivity index (χ0) is 13.7. The number of aromatic nitrogens is 2. The fourth-order valence-electron chi connectivity index (χ4n) is 1.93. The van der Waals surface area contributed by atoms with Crippen LogP contribution in [0, 0.1) is 0 Å². The van der Waals surface area contributed by atoms with Crippen molar-refractivity contribution < 1.29 is 9.53 Å². The Morgan fingerprint density at radius 2 is 2.11 bits per heavy atom. The first-order valence-electron chi connectivity index (χ1n) is 6.26. The molecule has 19 heavy (non-hydrogen) atoms. The molecule has 100 valence electrons. The third-order valence-corrected chi connectivity index (χ3v) is 2.83. The van der Waals surface area contributed by atoms with Crippen molar-refractivity contribution in [3.05, 3.63) is 40.8 Å². The molecule has 0 unspecified atom stereocenters. The number of esters is 1. The van der Waals surface area contributed by atoms with Crippen LogP contribution < -0.4 is 5.56 Å². The molecule has 0 bridgehead atoms. The molecule has 0 fully saturated rings. The summed E-state index contributed by atoms with van der Waals surface area (Å²) in [6, 6.07) is 7.55. The van der Waals surface area contributed by atoms with Crippen LogP contribution in [0.2, 0.25) is 0 Å². The summed E-state index contributed by atoms with van der Waals surface area (Å²) in [5, 5.41) is 0. The van der Waals surface area contributed by atoms with Crippen molar-refractivity contribution in [3.8, 4) is 0 Å². The summed E-state index contributed by atoms with van der Waals surface area (Å²) in [6.45, 7) is 2.39. The maximum atomic E-state index is 11.8. The number of carbonyl (C=O) groups is 1. The molecule has 0 saturated heterocycles. The average Bonchev–Trinajstić information content (AvgIpc) is 2.40. The average molecular weight is 260 g/mol. The quantitative estimate of drug-likeness (QED) is 0.607. The number of aryl methyl sites for hydroxylation is 1. The van der Waals surface area contributed by atoms with E-state index in [-0.39, 0.29) is 11.5 Å². The standard InChI is InChI=1S/C14H16N2O3/c1-11(17)19-9-5-4-8-16-13-7-3-2-6-12(13)15-10-14(16)18/h2-3,6-7,10H,4-5,8-9H2,1H3. The van der Waals surface area contributed by atoms with Crippen molar-refractivity contribution in [1.29, 1.82) is 0 Å². The molecule has 0 aliphatic rings. The van der Waals surface area contributed by atoms with E-state index in [2.05, 4.69) is 4.98 Å². The number of unbranched alkanes of at least 4 members (excludes halogenated alkanes) is 1. The number of rotatable bonds is 5. The number of para-hydroxylation sites is 2. The fourth-order valence-corrected chi connectivity index (χ4v) is 1.93. The summed E-state index contributed by atoms with van der Waals surface area (Å²) in [6.07, 6.45) is 2.86. The van der Waals surface area contributed by atoms with E-state index >= 15 is 0 Å². The highest BCUT2D eigenvalue weighted by Crippen LogP contribution is 2.09. The van der Waals surface area contributed by atoms with Crippen LogP contribution in [0.25, 0.3) is 11.0 Å². The minimum Gasteiger partial charge on any atom is -0.466 e. The Hall–Kier alpha value is -2.17. The molecule has 0 spiro atoms. The Kier molecular flexibility index (Phi) is 4.28. The first kappa shape index (κ1) is 13.3. The largest absolute Gasteiger partial charge is 0.466 e. The van der Waals surface area contributed by atoms with Gasteiger partial charge in [-0.2, -0.15) is 0 Å². The molecule has 0 aliphatic carbocycles. The third kappa shape index (κ3) is 3.40. The monoisotopic (exact) mass is 260 g/mol. The lowest BCUT2D eigenvalue weighted by atomic mass is 10.2. The van der Waals surface area contributed by atoms with Crippen molar-refractivity contribution in [1.82, 2.24) is 9.55 Å². The number of carbonyl (C=O) groups excluding carboxylic acids is 1. The van der Waals surface area contributed by atoms with E-state index in [1.165, 1.54) is 13.1 Å². The van der Waals surface area contributed by atoms with Gasteiger partial charge >= 0.3 is 5.97 Å². The van der Waals surface area contributed by atoms with Gasteiger partial charge in [-0.05, 0) is 25.0 Å². The fraction of sp³-hybridized carbons (Fsp3) is 0.357. The summed E-state index contributed by atoms with van der Waals surface area (Å²) >= 11 is 0. The van der Waals surface area contributed by atoms with Crippen LogP contribution in [0.15, 0.2) is 35.3 Å². The molecule has 5 heteroatoms. The van der Waals surface area contributed by atoms with Crippen LogP contribution in [0.3, 0.4) is 0 Å². The molecule has 2 rings (SSSR count). The van der Waals surface area contributed by atoms with E-state index < -0.39 is 0 Å². The minimum atomic E-state index is -0.272. The van der Waals surface area contributed by atoms with E-state index in [0.717, 1.165) is 23.9 Å². The van der Waals surface area contributed by atoms with Crippen molar-refractivity contribution in [2.24, 2.45) is 0 Å². The van der Waals surface area contributed by atoms with Crippen molar-refractivity contribution in [3.63, 3.8) is 0 Å². The third-order valence-electron chi connectivity index (χ3n) is 2.83. The smallest absolute Gasteiger partial charge is 0.302 e. The number of nitrogens with zero attached hydrogens (tertiary/aromatic N) is 2. The zero-order valence-corrected chi connectivity index (χ0v) is 10.8. The molecule has 2 aromatic rings. The Morgan fingerprint density at radius 1 is 1.32 bits per heavy atom. The van der Waals surface area contributed by atoms with E-state index in [1.54, 1.807) is 4.57 Å². The zero-order valence-electron chi connectivity index (χ0n) is 10.8. The Labute approximate surface area is 110 Å². The molecule has 0 amide bonds. The molecule has 0 aliphatic heterocycles. The number of ether oxygens (including phenoxy) is 1. The maximum Gasteiger partial charge on any atom is 0.302 e. The Morgan fingerprint density at radius 3 is 2.89 bits per heavy atom. The van der Waals surface area contributed by atoms with Crippen LogP contribution in [0.5, 0.6) is 0 Å². The predicted molar refractivity (Wildman–Crippen MR) is 71.9 cm³/mol. The summed E-state index contributed by atoms with van der Waals surface area (Å²) in [5.74, 6) is -0.272. The van der Waals surface area contributed by atoms with Crippen LogP contribution in [0.4, 0.5) is 0 Å². The van der Waals surface area contributed by atoms with E-state index in [0.29, 0.717) is 13.2 Å². The highest BCUT2D eigenvalue weighted by molar-refractivity contribution is 5.74. The number of hydrogen-bond acceptors (Lipinski definition) is 4.